The van der Waals surface area contributed by atoms with Crippen LogP contribution in [0.5, 0.6) is 5.75 Å². The first kappa shape index (κ1) is 16.8. The maximum absolute atomic E-state index is 5.17. The lowest BCUT2D eigenvalue weighted by atomic mass is 10.2. The van der Waals surface area contributed by atoms with Gasteiger partial charge in [-0.05, 0) is 29.3 Å². The number of ether oxygens (including phenoxy) is 1. The third-order valence-electron chi connectivity index (χ3n) is 3.90. The maximum Gasteiger partial charge on any atom is 0.224 e. The zero-order valence-electron chi connectivity index (χ0n) is 14.5. The lowest BCUT2D eigenvalue weighted by Crippen LogP contribution is -2.18. The minimum atomic E-state index is 0.619. The number of hydrogen-bond acceptors (Lipinski definition) is 5. The summed E-state index contributed by atoms with van der Waals surface area (Å²) in [4.78, 5) is 11.0. The Morgan fingerprint density at radius 3 is 2.44 bits per heavy atom. The molecule has 2 aromatic carbocycles. The topological polar surface area (TPSA) is 50.3 Å². The maximum atomic E-state index is 5.17. The van der Waals surface area contributed by atoms with Gasteiger partial charge in [-0.15, -0.1) is 0 Å². The fourth-order valence-corrected chi connectivity index (χ4v) is 2.51. The molecule has 128 valence electrons. The monoisotopic (exact) mass is 334 g/mol. The number of anilines is 2. The Morgan fingerprint density at radius 2 is 1.72 bits per heavy atom. The summed E-state index contributed by atoms with van der Waals surface area (Å²) in [7, 11) is 3.70. The molecule has 5 nitrogen and oxygen atoms in total. The second-order valence-electron chi connectivity index (χ2n) is 5.78. The van der Waals surface area contributed by atoms with E-state index in [4.69, 9.17) is 4.74 Å². The van der Waals surface area contributed by atoms with Crippen LogP contribution in [0.1, 0.15) is 11.1 Å². The Hall–Kier alpha value is -3.08. The summed E-state index contributed by atoms with van der Waals surface area (Å²) in [6.07, 6.45) is 1.78. The molecule has 0 unspecified atom stereocenters. The second-order valence-corrected chi connectivity index (χ2v) is 5.78. The SMILES string of the molecule is COc1ccc(CNc2nccc(N(C)Cc3ccccc3)n2)cc1. The molecule has 3 aromatic rings. The first-order chi connectivity index (χ1) is 12.2. The van der Waals surface area contributed by atoms with Gasteiger partial charge < -0.3 is 15.0 Å². The molecule has 0 aliphatic heterocycles. The number of rotatable bonds is 7. The van der Waals surface area contributed by atoms with Crippen LogP contribution < -0.4 is 15.0 Å². The summed E-state index contributed by atoms with van der Waals surface area (Å²) in [5.74, 6) is 2.36. The van der Waals surface area contributed by atoms with E-state index in [2.05, 4.69) is 32.3 Å². The van der Waals surface area contributed by atoms with E-state index in [1.165, 1.54) is 5.56 Å². The number of nitrogens with zero attached hydrogens (tertiary/aromatic N) is 3. The van der Waals surface area contributed by atoms with E-state index in [-0.39, 0.29) is 0 Å². The second kappa shape index (κ2) is 8.15. The highest BCUT2D eigenvalue weighted by atomic mass is 16.5. The van der Waals surface area contributed by atoms with Crippen LogP contribution in [0.25, 0.3) is 0 Å². The lowest BCUT2D eigenvalue weighted by Gasteiger charge is -2.18. The Bertz CT molecular complexity index is 790. The Kier molecular flexibility index (Phi) is 5.46. The van der Waals surface area contributed by atoms with Gasteiger partial charge in [0.25, 0.3) is 0 Å². The standard InChI is InChI=1S/C20H22N4O/c1-24(15-17-6-4-3-5-7-17)19-12-13-21-20(23-19)22-14-16-8-10-18(25-2)11-9-16/h3-13H,14-15H2,1-2H3,(H,21,22,23). The molecule has 0 amide bonds. The van der Waals surface area contributed by atoms with E-state index in [0.717, 1.165) is 23.7 Å². The fraction of sp³-hybridized carbons (Fsp3) is 0.200. The minimum absolute atomic E-state index is 0.619. The molecular weight excluding hydrogens is 312 g/mol. The van der Waals surface area contributed by atoms with Crippen LogP contribution in [-0.2, 0) is 13.1 Å². The summed E-state index contributed by atoms with van der Waals surface area (Å²) in [6.45, 7) is 1.46. The highest BCUT2D eigenvalue weighted by Crippen LogP contribution is 2.15. The Balaban J connectivity index is 1.62. The van der Waals surface area contributed by atoms with Crippen LogP contribution in [0.4, 0.5) is 11.8 Å². The molecule has 1 heterocycles. The van der Waals surface area contributed by atoms with Gasteiger partial charge in [0.2, 0.25) is 5.95 Å². The molecule has 0 bridgehead atoms. The van der Waals surface area contributed by atoms with Crippen molar-refractivity contribution in [1.82, 2.24) is 9.97 Å². The van der Waals surface area contributed by atoms with Gasteiger partial charge in [-0.1, -0.05) is 42.5 Å². The van der Waals surface area contributed by atoms with Crippen LogP contribution in [0.3, 0.4) is 0 Å². The van der Waals surface area contributed by atoms with Gasteiger partial charge in [-0.2, -0.15) is 4.98 Å². The molecule has 1 N–H and O–H groups in total. The van der Waals surface area contributed by atoms with Gasteiger partial charge in [0, 0.05) is 26.3 Å². The van der Waals surface area contributed by atoms with E-state index >= 15 is 0 Å². The molecule has 25 heavy (non-hydrogen) atoms. The molecule has 3 rings (SSSR count). The van der Waals surface area contributed by atoms with E-state index in [9.17, 15) is 0 Å². The van der Waals surface area contributed by atoms with Crippen molar-refractivity contribution in [2.75, 3.05) is 24.4 Å². The normalized spacial score (nSPS) is 10.3. The van der Waals surface area contributed by atoms with Crippen molar-refractivity contribution in [3.63, 3.8) is 0 Å². The fourth-order valence-electron chi connectivity index (χ4n) is 2.51. The molecule has 0 atom stereocenters. The summed E-state index contributed by atoms with van der Waals surface area (Å²) in [6, 6.07) is 20.2. The molecule has 0 saturated carbocycles. The van der Waals surface area contributed by atoms with Crippen molar-refractivity contribution < 1.29 is 4.74 Å². The van der Waals surface area contributed by atoms with Crippen LogP contribution in [0.15, 0.2) is 66.9 Å². The summed E-state index contributed by atoms with van der Waals surface area (Å²) >= 11 is 0. The van der Waals surface area contributed by atoms with E-state index in [1.807, 2.05) is 55.6 Å². The van der Waals surface area contributed by atoms with E-state index in [1.54, 1.807) is 13.3 Å². The predicted molar refractivity (Wildman–Crippen MR) is 101 cm³/mol. The van der Waals surface area contributed by atoms with E-state index in [0.29, 0.717) is 12.5 Å². The first-order valence-corrected chi connectivity index (χ1v) is 8.19. The molecule has 0 fully saturated rings. The van der Waals surface area contributed by atoms with Crippen molar-refractivity contribution in [3.05, 3.63) is 78.0 Å². The van der Waals surface area contributed by atoms with Gasteiger partial charge in [0.15, 0.2) is 0 Å². The summed E-state index contributed by atoms with van der Waals surface area (Å²) < 4.78 is 5.17. The summed E-state index contributed by atoms with van der Waals surface area (Å²) in [5.41, 5.74) is 2.39. The highest BCUT2D eigenvalue weighted by Gasteiger charge is 2.05. The zero-order chi connectivity index (χ0) is 17.5. The van der Waals surface area contributed by atoms with Crippen LogP contribution >= 0.6 is 0 Å². The lowest BCUT2D eigenvalue weighted by molar-refractivity contribution is 0.414. The number of benzene rings is 2. The third kappa shape index (κ3) is 4.70. The van der Waals surface area contributed by atoms with Gasteiger partial charge in [-0.25, -0.2) is 4.98 Å². The molecule has 0 radical (unpaired) electrons. The Morgan fingerprint density at radius 1 is 0.960 bits per heavy atom. The number of aromatic nitrogens is 2. The number of nitrogens with one attached hydrogen (secondary N) is 1. The smallest absolute Gasteiger partial charge is 0.224 e. The average Bonchev–Trinajstić information content (AvgIpc) is 2.68. The van der Waals surface area contributed by atoms with Gasteiger partial charge in [0.1, 0.15) is 11.6 Å². The molecule has 0 aliphatic rings. The summed E-state index contributed by atoms with van der Waals surface area (Å²) in [5, 5.41) is 3.27. The van der Waals surface area contributed by atoms with Crippen molar-refractivity contribution in [2.45, 2.75) is 13.1 Å². The molecular formula is C20H22N4O. The zero-order valence-corrected chi connectivity index (χ0v) is 14.5. The van der Waals surface area contributed by atoms with Crippen molar-refractivity contribution >= 4 is 11.8 Å². The van der Waals surface area contributed by atoms with Crippen molar-refractivity contribution in [3.8, 4) is 5.75 Å². The molecule has 0 spiro atoms. The largest absolute Gasteiger partial charge is 0.497 e. The highest BCUT2D eigenvalue weighted by molar-refractivity contribution is 5.43. The van der Waals surface area contributed by atoms with Gasteiger partial charge >= 0.3 is 0 Å². The quantitative estimate of drug-likeness (QED) is 0.713. The third-order valence-corrected chi connectivity index (χ3v) is 3.90. The van der Waals surface area contributed by atoms with E-state index < -0.39 is 0 Å². The van der Waals surface area contributed by atoms with Gasteiger partial charge in [0.05, 0.1) is 7.11 Å². The predicted octanol–water partition coefficient (Wildman–Crippen LogP) is 3.73. The van der Waals surface area contributed by atoms with Crippen LogP contribution in [0, 0.1) is 0 Å². The molecule has 5 heteroatoms. The van der Waals surface area contributed by atoms with Crippen molar-refractivity contribution in [1.29, 1.82) is 0 Å². The minimum Gasteiger partial charge on any atom is -0.497 e. The van der Waals surface area contributed by atoms with Gasteiger partial charge in [-0.3, -0.25) is 0 Å². The molecule has 0 saturated heterocycles. The van der Waals surface area contributed by atoms with Crippen LogP contribution in [-0.4, -0.2) is 24.1 Å². The Labute approximate surface area is 148 Å². The number of methoxy groups -OCH3 is 1. The molecule has 1 aromatic heterocycles. The van der Waals surface area contributed by atoms with Crippen molar-refractivity contribution in [2.24, 2.45) is 0 Å². The average molecular weight is 334 g/mol. The first-order valence-electron chi connectivity index (χ1n) is 8.19. The number of hydrogen-bond donors (Lipinski definition) is 1. The van der Waals surface area contributed by atoms with Crippen LogP contribution in [0.2, 0.25) is 0 Å². The molecule has 0 aliphatic carbocycles.